The van der Waals surface area contributed by atoms with Crippen LogP contribution in [0.1, 0.15) is 44.6 Å². The van der Waals surface area contributed by atoms with Crippen molar-refractivity contribution < 1.29 is 9.47 Å². The van der Waals surface area contributed by atoms with Gasteiger partial charge in [0.1, 0.15) is 5.75 Å². The fraction of sp³-hybridized carbons (Fsp3) is 0.647. The summed E-state index contributed by atoms with van der Waals surface area (Å²) in [7, 11) is 0. The van der Waals surface area contributed by atoms with Crippen molar-refractivity contribution in [3.8, 4) is 5.75 Å². The molecule has 0 bridgehead atoms. The lowest BCUT2D eigenvalue weighted by Gasteiger charge is -2.11. The van der Waals surface area contributed by atoms with Crippen molar-refractivity contribution in [2.75, 3.05) is 19.8 Å². The third-order valence-corrected chi connectivity index (χ3v) is 3.67. The first-order valence-corrected chi connectivity index (χ1v) is 7.92. The summed E-state index contributed by atoms with van der Waals surface area (Å²) in [4.78, 5) is 0. The fourth-order valence-corrected chi connectivity index (χ4v) is 2.43. The third kappa shape index (κ3) is 5.51. The second-order valence-corrected chi connectivity index (χ2v) is 5.47. The van der Waals surface area contributed by atoms with Crippen molar-refractivity contribution in [3.05, 3.63) is 29.8 Å². The first kappa shape index (κ1) is 15.3. The lowest BCUT2D eigenvalue weighted by Crippen LogP contribution is -2.25. The highest BCUT2D eigenvalue weighted by Crippen LogP contribution is 2.14. The highest BCUT2D eigenvalue weighted by molar-refractivity contribution is 5.27. The Labute approximate surface area is 122 Å². The number of hydrogen-bond acceptors (Lipinski definition) is 3. The second kappa shape index (κ2) is 8.98. The molecule has 3 nitrogen and oxygen atoms in total. The Morgan fingerprint density at radius 1 is 1.25 bits per heavy atom. The summed E-state index contributed by atoms with van der Waals surface area (Å²) >= 11 is 0. The van der Waals surface area contributed by atoms with Gasteiger partial charge in [-0.15, -0.1) is 0 Å². The summed E-state index contributed by atoms with van der Waals surface area (Å²) in [6.07, 6.45) is 6.43. The molecule has 112 valence electrons. The molecule has 1 aliphatic rings. The Morgan fingerprint density at radius 3 is 2.80 bits per heavy atom. The van der Waals surface area contributed by atoms with Gasteiger partial charge in [-0.2, -0.15) is 0 Å². The Hall–Kier alpha value is -1.06. The van der Waals surface area contributed by atoms with Crippen LogP contribution in [0.15, 0.2) is 24.3 Å². The van der Waals surface area contributed by atoms with Gasteiger partial charge in [-0.3, -0.25) is 0 Å². The molecule has 0 aliphatic carbocycles. The maximum atomic E-state index is 5.71. The number of hydrogen-bond donors (Lipinski definition) is 1. The molecule has 0 aromatic heterocycles. The molecule has 1 unspecified atom stereocenters. The van der Waals surface area contributed by atoms with Crippen LogP contribution in [0.2, 0.25) is 0 Å². The first-order chi connectivity index (χ1) is 9.88. The van der Waals surface area contributed by atoms with Crippen LogP contribution < -0.4 is 10.1 Å². The number of benzene rings is 1. The highest BCUT2D eigenvalue weighted by atomic mass is 16.5. The Morgan fingerprint density at radius 2 is 2.10 bits per heavy atom. The molecular weight excluding hydrogens is 250 g/mol. The minimum atomic E-state index is 0.413. The predicted octanol–water partition coefficient (Wildman–Crippen LogP) is 3.52. The fourth-order valence-electron chi connectivity index (χ4n) is 2.43. The van der Waals surface area contributed by atoms with Gasteiger partial charge >= 0.3 is 0 Å². The molecule has 0 spiro atoms. The molecular formula is C17H27NO2. The summed E-state index contributed by atoms with van der Waals surface area (Å²) in [5.74, 6) is 0.976. The molecule has 1 aromatic rings. The minimum Gasteiger partial charge on any atom is -0.494 e. The molecule has 20 heavy (non-hydrogen) atoms. The molecule has 1 atom stereocenters. The molecule has 0 radical (unpaired) electrons. The van der Waals surface area contributed by atoms with Crippen LogP contribution in [-0.2, 0) is 11.3 Å². The summed E-state index contributed by atoms with van der Waals surface area (Å²) in [6.45, 7) is 5.81. The molecule has 1 aliphatic heterocycles. The summed E-state index contributed by atoms with van der Waals surface area (Å²) in [5, 5.41) is 3.46. The van der Waals surface area contributed by atoms with E-state index in [9.17, 15) is 0 Å². The van der Waals surface area contributed by atoms with Crippen LogP contribution in [0.5, 0.6) is 5.75 Å². The van der Waals surface area contributed by atoms with Crippen LogP contribution in [0.25, 0.3) is 0 Å². The van der Waals surface area contributed by atoms with Crippen LogP contribution in [0.3, 0.4) is 0 Å². The number of ether oxygens (including phenoxy) is 2. The van der Waals surface area contributed by atoms with Crippen molar-refractivity contribution >= 4 is 0 Å². The van der Waals surface area contributed by atoms with Gasteiger partial charge in [0.15, 0.2) is 0 Å². The average Bonchev–Trinajstić information content (AvgIpc) is 2.98. The molecule has 1 aromatic carbocycles. The van der Waals surface area contributed by atoms with E-state index >= 15 is 0 Å². The third-order valence-electron chi connectivity index (χ3n) is 3.67. The lowest BCUT2D eigenvalue weighted by atomic mass is 10.2. The van der Waals surface area contributed by atoms with Gasteiger partial charge in [0.2, 0.25) is 0 Å². The molecule has 1 N–H and O–H groups in total. The maximum Gasteiger partial charge on any atom is 0.119 e. The topological polar surface area (TPSA) is 30.5 Å². The van der Waals surface area contributed by atoms with Gasteiger partial charge in [-0.1, -0.05) is 31.9 Å². The van der Waals surface area contributed by atoms with E-state index in [2.05, 4.69) is 36.5 Å². The minimum absolute atomic E-state index is 0.413. The molecule has 3 heteroatoms. The van der Waals surface area contributed by atoms with Gasteiger partial charge < -0.3 is 14.8 Å². The van der Waals surface area contributed by atoms with Gasteiger partial charge in [0.25, 0.3) is 0 Å². The van der Waals surface area contributed by atoms with E-state index in [1.54, 1.807) is 0 Å². The van der Waals surface area contributed by atoms with Crippen LogP contribution in [0, 0.1) is 0 Å². The van der Waals surface area contributed by atoms with E-state index in [-0.39, 0.29) is 0 Å². The van der Waals surface area contributed by atoms with E-state index in [1.165, 1.54) is 31.2 Å². The molecule has 0 saturated carbocycles. The van der Waals surface area contributed by atoms with Crippen LogP contribution in [-0.4, -0.2) is 25.9 Å². The average molecular weight is 277 g/mol. The van der Waals surface area contributed by atoms with Gasteiger partial charge in [0.05, 0.1) is 12.7 Å². The number of unbranched alkanes of at least 4 members (excludes halogenated alkanes) is 2. The Bertz CT molecular complexity index is 358. The van der Waals surface area contributed by atoms with Crippen LogP contribution in [0.4, 0.5) is 0 Å². The highest BCUT2D eigenvalue weighted by Gasteiger charge is 2.14. The Balaban J connectivity index is 1.63. The zero-order chi connectivity index (χ0) is 14.0. The van der Waals surface area contributed by atoms with E-state index in [1.807, 2.05) is 0 Å². The number of rotatable bonds is 9. The van der Waals surface area contributed by atoms with Crippen LogP contribution >= 0.6 is 0 Å². The van der Waals surface area contributed by atoms with E-state index in [4.69, 9.17) is 9.47 Å². The molecule has 1 heterocycles. The first-order valence-electron chi connectivity index (χ1n) is 7.92. The van der Waals surface area contributed by atoms with Crippen molar-refractivity contribution in [2.24, 2.45) is 0 Å². The maximum absolute atomic E-state index is 5.71. The zero-order valence-electron chi connectivity index (χ0n) is 12.6. The number of nitrogens with one attached hydrogen (secondary N) is 1. The van der Waals surface area contributed by atoms with Crippen molar-refractivity contribution in [1.29, 1.82) is 0 Å². The van der Waals surface area contributed by atoms with Crippen molar-refractivity contribution in [3.63, 3.8) is 0 Å². The molecule has 0 amide bonds. The molecule has 1 fully saturated rings. The zero-order valence-corrected chi connectivity index (χ0v) is 12.6. The molecule has 1 saturated heterocycles. The normalized spacial score (nSPS) is 18.4. The van der Waals surface area contributed by atoms with Gasteiger partial charge in [0, 0.05) is 19.7 Å². The Kier molecular flexibility index (Phi) is 6.89. The van der Waals surface area contributed by atoms with Gasteiger partial charge in [-0.25, -0.2) is 0 Å². The summed E-state index contributed by atoms with van der Waals surface area (Å²) in [5.41, 5.74) is 1.30. The predicted molar refractivity (Wildman–Crippen MR) is 82.1 cm³/mol. The van der Waals surface area contributed by atoms with E-state index < -0.39 is 0 Å². The SMILES string of the molecule is CCCCCOc1ccc(CNCC2CCCO2)cc1. The van der Waals surface area contributed by atoms with E-state index in [0.29, 0.717) is 6.10 Å². The lowest BCUT2D eigenvalue weighted by molar-refractivity contribution is 0.110. The van der Waals surface area contributed by atoms with Crippen molar-refractivity contribution in [1.82, 2.24) is 5.32 Å². The summed E-state index contributed by atoms with van der Waals surface area (Å²) < 4.78 is 11.3. The smallest absolute Gasteiger partial charge is 0.119 e. The largest absolute Gasteiger partial charge is 0.494 e. The van der Waals surface area contributed by atoms with Gasteiger partial charge in [-0.05, 0) is 37.0 Å². The monoisotopic (exact) mass is 277 g/mol. The quantitative estimate of drug-likeness (QED) is 0.701. The molecule has 2 rings (SSSR count). The standard InChI is InChI=1S/C17H27NO2/c1-2-3-4-11-19-16-9-7-15(8-10-16)13-18-14-17-6-5-12-20-17/h7-10,17-18H,2-6,11-14H2,1H3. The summed E-state index contributed by atoms with van der Waals surface area (Å²) in [6, 6.07) is 8.40. The van der Waals surface area contributed by atoms with E-state index in [0.717, 1.165) is 38.5 Å². The second-order valence-electron chi connectivity index (χ2n) is 5.47. The van der Waals surface area contributed by atoms with Crippen molar-refractivity contribution in [2.45, 2.75) is 51.7 Å².